The lowest BCUT2D eigenvalue weighted by molar-refractivity contribution is 0.120. The van der Waals surface area contributed by atoms with Crippen LogP contribution in [0, 0.1) is 0 Å². The predicted octanol–water partition coefficient (Wildman–Crippen LogP) is 5.08. The maximum atomic E-state index is 5.78. The summed E-state index contributed by atoms with van der Waals surface area (Å²) in [5, 5.41) is 4.54. The van der Waals surface area contributed by atoms with Crippen LogP contribution in [0.25, 0.3) is 27.8 Å². The minimum atomic E-state index is 0.235. The molecule has 1 saturated heterocycles. The second kappa shape index (κ2) is 8.78. The summed E-state index contributed by atoms with van der Waals surface area (Å²) < 4.78 is 13.5. The Kier molecular flexibility index (Phi) is 5.54. The summed E-state index contributed by atoms with van der Waals surface area (Å²) in [4.78, 5) is 9.24. The fraction of sp³-hybridized carbons (Fsp3) is 0.280. The van der Waals surface area contributed by atoms with E-state index in [9.17, 15) is 0 Å². The second-order valence-electron chi connectivity index (χ2n) is 7.64. The van der Waals surface area contributed by atoms with Crippen LogP contribution in [-0.4, -0.2) is 40.4 Å². The fourth-order valence-corrected chi connectivity index (χ4v) is 4.11. The summed E-state index contributed by atoms with van der Waals surface area (Å²) in [6.07, 6.45) is 6.20. The Labute approximate surface area is 181 Å². The molecule has 1 atom stereocenters. The maximum absolute atomic E-state index is 5.78. The fourth-order valence-electron chi connectivity index (χ4n) is 4.11. The standard InChI is InChI=1S/C25H26N4O2/c1-2-30-20-12-10-19(11-13-20)29-16-22(18-7-4-3-5-8-18)23-24(27-17-28-25(23)29)26-15-21-9-6-14-31-21/h3-5,7-8,10-13,16-17,21H,2,6,9,14-15H2,1H3,(H,26,27,28)/t21-/m1/s1. The third-order valence-corrected chi connectivity index (χ3v) is 5.61. The van der Waals surface area contributed by atoms with Crippen LogP contribution < -0.4 is 10.1 Å². The first kappa shape index (κ1) is 19.6. The number of fused-ring (bicyclic) bond motifs is 1. The average molecular weight is 415 g/mol. The number of aromatic nitrogens is 3. The van der Waals surface area contributed by atoms with E-state index in [-0.39, 0.29) is 6.10 Å². The van der Waals surface area contributed by atoms with Crippen molar-refractivity contribution in [3.05, 3.63) is 67.1 Å². The molecule has 158 valence electrons. The summed E-state index contributed by atoms with van der Waals surface area (Å²) >= 11 is 0. The van der Waals surface area contributed by atoms with E-state index in [1.165, 1.54) is 0 Å². The van der Waals surface area contributed by atoms with Gasteiger partial charge >= 0.3 is 0 Å². The van der Waals surface area contributed by atoms with Crippen LogP contribution in [0.5, 0.6) is 5.75 Å². The van der Waals surface area contributed by atoms with E-state index in [2.05, 4.69) is 62.4 Å². The monoisotopic (exact) mass is 414 g/mol. The third kappa shape index (κ3) is 3.99. The van der Waals surface area contributed by atoms with Gasteiger partial charge < -0.3 is 19.4 Å². The minimum absolute atomic E-state index is 0.235. The second-order valence-corrected chi connectivity index (χ2v) is 7.64. The highest BCUT2D eigenvalue weighted by atomic mass is 16.5. The lowest BCUT2D eigenvalue weighted by atomic mass is 10.1. The molecule has 1 fully saturated rings. The molecule has 0 saturated carbocycles. The van der Waals surface area contributed by atoms with Crippen molar-refractivity contribution >= 4 is 16.9 Å². The molecule has 5 rings (SSSR count). The Hall–Kier alpha value is -3.38. The Morgan fingerprint density at radius 2 is 1.94 bits per heavy atom. The van der Waals surface area contributed by atoms with Crippen molar-refractivity contribution in [3.8, 4) is 22.6 Å². The van der Waals surface area contributed by atoms with E-state index in [0.29, 0.717) is 6.61 Å². The molecule has 0 aliphatic carbocycles. The van der Waals surface area contributed by atoms with Gasteiger partial charge in [-0.1, -0.05) is 30.3 Å². The summed E-state index contributed by atoms with van der Waals surface area (Å²) in [6.45, 7) is 4.22. The van der Waals surface area contributed by atoms with Crippen LogP contribution in [0.15, 0.2) is 67.1 Å². The molecular formula is C25H26N4O2. The lowest BCUT2D eigenvalue weighted by Crippen LogP contribution is -2.19. The number of anilines is 1. The highest BCUT2D eigenvalue weighted by Crippen LogP contribution is 2.35. The molecule has 2 aromatic carbocycles. The largest absolute Gasteiger partial charge is 0.494 e. The molecule has 0 spiro atoms. The zero-order chi connectivity index (χ0) is 21.0. The Morgan fingerprint density at radius 1 is 1.10 bits per heavy atom. The van der Waals surface area contributed by atoms with Crippen molar-refractivity contribution in [2.24, 2.45) is 0 Å². The first-order chi connectivity index (χ1) is 15.3. The van der Waals surface area contributed by atoms with Crippen LogP contribution in [0.1, 0.15) is 19.8 Å². The van der Waals surface area contributed by atoms with Gasteiger partial charge in [-0.05, 0) is 49.6 Å². The van der Waals surface area contributed by atoms with Gasteiger partial charge in [-0.3, -0.25) is 0 Å². The number of nitrogens with one attached hydrogen (secondary N) is 1. The van der Waals surface area contributed by atoms with Crippen LogP contribution >= 0.6 is 0 Å². The Bertz CT molecular complexity index is 1150. The van der Waals surface area contributed by atoms with Crippen LogP contribution in [0.2, 0.25) is 0 Å². The van der Waals surface area contributed by atoms with Crippen LogP contribution in [0.4, 0.5) is 5.82 Å². The highest BCUT2D eigenvalue weighted by Gasteiger charge is 2.20. The normalized spacial score (nSPS) is 16.0. The molecule has 0 radical (unpaired) electrons. The molecule has 1 aliphatic heterocycles. The zero-order valence-corrected chi connectivity index (χ0v) is 17.6. The number of rotatable bonds is 7. The quantitative estimate of drug-likeness (QED) is 0.457. The van der Waals surface area contributed by atoms with Crippen LogP contribution in [0.3, 0.4) is 0 Å². The molecule has 1 N–H and O–H groups in total. The van der Waals surface area contributed by atoms with E-state index < -0.39 is 0 Å². The molecule has 6 heteroatoms. The van der Waals surface area contributed by atoms with Crippen molar-refractivity contribution in [1.82, 2.24) is 14.5 Å². The van der Waals surface area contributed by atoms with Gasteiger partial charge in [0.15, 0.2) is 5.65 Å². The molecule has 0 unspecified atom stereocenters. The van der Waals surface area contributed by atoms with E-state index in [4.69, 9.17) is 9.47 Å². The van der Waals surface area contributed by atoms with Crippen molar-refractivity contribution in [3.63, 3.8) is 0 Å². The van der Waals surface area contributed by atoms with Crippen molar-refractivity contribution in [2.45, 2.75) is 25.9 Å². The molecular weight excluding hydrogens is 388 g/mol. The maximum Gasteiger partial charge on any atom is 0.150 e. The molecule has 2 aromatic heterocycles. The van der Waals surface area contributed by atoms with Crippen molar-refractivity contribution in [1.29, 1.82) is 0 Å². The summed E-state index contributed by atoms with van der Waals surface area (Å²) in [5.41, 5.74) is 4.12. The lowest BCUT2D eigenvalue weighted by Gasteiger charge is -2.13. The van der Waals surface area contributed by atoms with Gasteiger partial charge in [-0.15, -0.1) is 0 Å². The minimum Gasteiger partial charge on any atom is -0.494 e. The van der Waals surface area contributed by atoms with E-state index in [1.807, 2.05) is 25.1 Å². The summed E-state index contributed by atoms with van der Waals surface area (Å²) in [5.74, 6) is 1.70. The number of hydrogen-bond donors (Lipinski definition) is 1. The average Bonchev–Trinajstić information content (AvgIpc) is 3.47. The van der Waals surface area contributed by atoms with Gasteiger partial charge in [0.25, 0.3) is 0 Å². The predicted molar refractivity (Wildman–Crippen MR) is 123 cm³/mol. The van der Waals surface area contributed by atoms with Gasteiger partial charge in [-0.25, -0.2) is 9.97 Å². The molecule has 4 aromatic rings. The first-order valence-electron chi connectivity index (χ1n) is 10.8. The highest BCUT2D eigenvalue weighted by molar-refractivity contribution is 6.02. The van der Waals surface area contributed by atoms with E-state index in [1.54, 1.807) is 6.33 Å². The number of nitrogens with zero attached hydrogens (tertiary/aromatic N) is 3. The third-order valence-electron chi connectivity index (χ3n) is 5.61. The van der Waals surface area contributed by atoms with Gasteiger partial charge in [-0.2, -0.15) is 0 Å². The van der Waals surface area contributed by atoms with E-state index in [0.717, 1.165) is 65.4 Å². The van der Waals surface area contributed by atoms with Crippen LogP contribution in [-0.2, 0) is 4.74 Å². The number of ether oxygens (including phenoxy) is 2. The van der Waals surface area contributed by atoms with Gasteiger partial charge in [0.1, 0.15) is 17.9 Å². The number of benzene rings is 2. The Morgan fingerprint density at radius 3 is 2.68 bits per heavy atom. The molecule has 1 aliphatic rings. The number of hydrogen-bond acceptors (Lipinski definition) is 5. The summed E-state index contributed by atoms with van der Waals surface area (Å²) in [6, 6.07) is 18.5. The Balaban J connectivity index is 1.60. The zero-order valence-electron chi connectivity index (χ0n) is 17.6. The summed E-state index contributed by atoms with van der Waals surface area (Å²) in [7, 11) is 0. The van der Waals surface area contributed by atoms with Gasteiger partial charge in [0, 0.05) is 30.6 Å². The molecule has 3 heterocycles. The molecule has 0 bridgehead atoms. The van der Waals surface area contributed by atoms with Gasteiger partial charge in [0.2, 0.25) is 0 Å². The molecule has 31 heavy (non-hydrogen) atoms. The van der Waals surface area contributed by atoms with Gasteiger partial charge in [0.05, 0.1) is 18.1 Å². The SMILES string of the molecule is CCOc1ccc(-n2cc(-c3ccccc3)c3c(NC[C@H]4CCCO4)ncnc32)cc1. The van der Waals surface area contributed by atoms with Crippen molar-refractivity contribution < 1.29 is 9.47 Å². The topological polar surface area (TPSA) is 61.2 Å². The van der Waals surface area contributed by atoms with Crippen molar-refractivity contribution in [2.75, 3.05) is 25.1 Å². The molecule has 0 amide bonds. The molecule has 6 nitrogen and oxygen atoms in total. The first-order valence-corrected chi connectivity index (χ1v) is 10.8. The van der Waals surface area contributed by atoms with E-state index >= 15 is 0 Å². The smallest absolute Gasteiger partial charge is 0.150 e.